The summed E-state index contributed by atoms with van der Waals surface area (Å²) >= 11 is 0. The summed E-state index contributed by atoms with van der Waals surface area (Å²) in [5, 5.41) is 24.7. The van der Waals surface area contributed by atoms with E-state index in [4.69, 9.17) is 9.63 Å². The Balaban J connectivity index is 2.20. The van der Waals surface area contributed by atoms with E-state index in [1.807, 2.05) is 0 Å². The summed E-state index contributed by atoms with van der Waals surface area (Å²) < 4.78 is 5.07. The summed E-state index contributed by atoms with van der Waals surface area (Å²) in [7, 11) is 0. The quantitative estimate of drug-likeness (QED) is 0.696. The molecule has 0 bridgehead atoms. The molecular formula is C11H14N4O3. The molecule has 0 radical (unpaired) electrons. The van der Waals surface area contributed by atoms with Crippen molar-refractivity contribution in [1.29, 1.82) is 0 Å². The zero-order chi connectivity index (χ0) is 13.0. The van der Waals surface area contributed by atoms with Gasteiger partial charge in [-0.1, -0.05) is 5.16 Å². The maximum Gasteiger partial charge on any atom is 0.261 e. The van der Waals surface area contributed by atoms with Gasteiger partial charge in [-0.15, -0.1) is 0 Å². The van der Waals surface area contributed by atoms with E-state index >= 15 is 0 Å². The number of nitrogens with zero attached hydrogens (tertiary/aromatic N) is 3. The Morgan fingerprint density at radius 3 is 3.00 bits per heavy atom. The van der Waals surface area contributed by atoms with Crippen molar-refractivity contribution in [3.63, 3.8) is 0 Å². The van der Waals surface area contributed by atoms with Crippen LogP contribution in [0.5, 0.6) is 0 Å². The first-order valence-electron chi connectivity index (χ1n) is 5.49. The normalized spacial score (nSPS) is 12.4. The molecule has 0 amide bonds. The Hall–Kier alpha value is -1.99. The summed E-state index contributed by atoms with van der Waals surface area (Å²) in [5.41, 5.74) is 0.656. The number of rotatable bonds is 5. The lowest BCUT2D eigenvalue weighted by molar-refractivity contribution is 0.105. The second-order valence-electron chi connectivity index (χ2n) is 3.76. The molecule has 0 aliphatic carbocycles. The molecule has 18 heavy (non-hydrogen) atoms. The van der Waals surface area contributed by atoms with E-state index < -0.39 is 6.10 Å². The average molecular weight is 250 g/mol. The van der Waals surface area contributed by atoms with Crippen LogP contribution in [0.1, 0.15) is 5.82 Å². The Kier molecular flexibility index (Phi) is 3.85. The van der Waals surface area contributed by atoms with E-state index in [9.17, 15) is 5.11 Å². The highest BCUT2D eigenvalue weighted by molar-refractivity contribution is 5.68. The molecule has 0 aromatic carbocycles. The maximum atomic E-state index is 9.29. The van der Waals surface area contributed by atoms with Crippen LogP contribution in [-0.2, 0) is 0 Å². The summed E-state index contributed by atoms with van der Waals surface area (Å²) in [6.07, 6.45) is 0.768. The third-order valence-electron chi connectivity index (χ3n) is 2.28. The van der Waals surface area contributed by atoms with Gasteiger partial charge in [0.25, 0.3) is 5.89 Å². The third-order valence-corrected chi connectivity index (χ3v) is 2.28. The van der Waals surface area contributed by atoms with Gasteiger partial charge in [-0.2, -0.15) is 4.98 Å². The first-order chi connectivity index (χ1) is 8.70. The molecule has 7 heteroatoms. The molecule has 96 valence electrons. The number of aromatic nitrogens is 3. The van der Waals surface area contributed by atoms with Crippen molar-refractivity contribution in [2.75, 3.05) is 18.5 Å². The number of hydrogen-bond donors (Lipinski definition) is 3. The topological polar surface area (TPSA) is 104 Å². The molecule has 0 saturated carbocycles. The molecule has 0 spiro atoms. The Morgan fingerprint density at radius 1 is 1.50 bits per heavy atom. The van der Waals surface area contributed by atoms with Gasteiger partial charge in [-0.25, -0.2) is 4.98 Å². The molecule has 2 aromatic heterocycles. The monoisotopic (exact) mass is 250 g/mol. The fourth-order valence-corrected chi connectivity index (χ4v) is 1.40. The van der Waals surface area contributed by atoms with Crippen LogP contribution in [-0.4, -0.2) is 44.6 Å². The van der Waals surface area contributed by atoms with Crippen LogP contribution in [0.4, 0.5) is 5.82 Å². The first kappa shape index (κ1) is 12.5. The number of hydrogen-bond acceptors (Lipinski definition) is 7. The molecule has 1 atom stereocenters. The Morgan fingerprint density at radius 2 is 2.33 bits per heavy atom. The van der Waals surface area contributed by atoms with Crippen LogP contribution >= 0.6 is 0 Å². The fourth-order valence-electron chi connectivity index (χ4n) is 1.40. The van der Waals surface area contributed by atoms with E-state index in [0.717, 1.165) is 0 Å². The average Bonchev–Trinajstić information content (AvgIpc) is 2.83. The molecule has 2 heterocycles. The molecule has 2 aromatic rings. The number of aliphatic hydroxyl groups excluding tert-OH is 2. The third kappa shape index (κ3) is 2.82. The minimum atomic E-state index is -0.843. The van der Waals surface area contributed by atoms with Gasteiger partial charge in [0.2, 0.25) is 0 Å². The Bertz CT molecular complexity index is 514. The second-order valence-corrected chi connectivity index (χ2v) is 3.76. The van der Waals surface area contributed by atoms with Gasteiger partial charge in [-0.3, -0.25) is 0 Å². The summed E-state index contributed by atoms with van der Waals surface area (Å²) in [5.74, 6) is 1.42. The van der Waals surface area contributed by atoms with E-state index in [1.54, 1.807) is 25.3 Å². The minimum absolute atomic E-state index is 0.188. The highest BCUT2D eigenvalue weighted by Crippen LogP contribution is 2.23. The summed E-state index contributed by atoms with van der Waals surface area (Å²) in [4.78, 5) is 8.26. The minimum Gasteiger partial charge on any atom is -0.394 e. The molecule has 0 aliphatic rings. The zero-order valence-corrected chi connectivity index (χ0v) is 9.87. The van der Waals surface area contributed by atoms with E-state index in [-0.39, 0.29) is 13.2 Å². The van der Waals surface area contributed by atoms with Crippen LogP contribution in [0.3, 0.4) is 0 Å². The zero-order valence-electron chi connectivity index (χ0n) is 9.87. The van der Waals surface area contributed by atoms with Crippen LogP contribution in [0.2, 0.25) is 0 Å². The van der Waals surface area contributed by atoms with Crippen LogP contribution in [0.15, 0.2) is 22.9 Å². The highest BCUT2D eigenvalue weighted by Gasteiger charge is 2.13. The lowest BCUT2D eigenvalue weighted by atomic mass is 10.2. The standard InChI is InChI=1S/C11H14N4O3/c1-7-14-11(18-15-7)9-3-2-4-12-10(9)13-5-8(17)6-16/h2-4,8,16-17H,5-6H2,1H3,(H,12,13)/t8-/m1/s1. The van der Waals surface area contributed by atoms with Gasteiger partial charge >= 0.3 is 0 Å². The van der Waals surface area contributed by atoms with Gasteiger partial charge in [0, 0.05) is 12.7 Å². The van der Waals surface area contributed by atoms with Crippen molar-refractivity contribution < 1.29 is 14.7 Å². The van der Waals surface area contributed by atoms with Gasteiger partial charge in [0.15, 0.2) is 5.82 Å². The molecule has 0 fully saturated rings. The molecule has 0 aliphatic heterocycles. The lowest BCUT2D eigenvalue weighted by Crippen LogP contribution is -2.23. The second kappa shape index (κ2) is 5.56. The lowest BCUT2D eigenvalue weighted by Gasteiger charge is -2.11. The van der Waals surface area contributed by atoms with Gasteiger partial charge < -0.3 is 20.1 Å². The SMILES string of the molecule is Cc1noc(-c2cccnc2NC[C@@H](O)CO)n1. The maximum absolute atomic E-state index is 9.29. The predicted molar refractivity (Wildman–Crippen MR) is 63.8 cm³/mol. The van der Waals surface area contributed by atoms with Crippen molar-refractivity contribution >= 4 is 5.82 Å². The van der Waals surface area contributed by atoms with Gasteiger partial charge in [0.05, 0.1) is 18.3 Å². The van der Waals surface area contributed by atoms with Crippen LogP contribution in [0.25, 0.3) is 11.5 Å². The molecule has 0 saturated heterocycles. The van der Waals surface area contributed by atoms with Crippen molar-refractivity contribution in [2.24, 2.45) is 0 Å². The smallest absolute Gasteiger partial charge is 0.261 e. The van der Waals surface area contributed by atoms with Gasteiger partial charge in [-0.05, 0) is 19.1 Å². The van der Waals surface area contributed by atoms with Crippen LogP contribution in [0, 0.1) is 6.92 Å². The van der Waals surface area contributed by atoms with Crippen molar-refractivity contribution in [1.82, 2.24) is 15.1 Å². The van der Waals surface area contributed by atoms with E-state index in [1.165, 1.54) is 0 Å². The number of anilines is 1. The molecule has 0 unspecified atom stereocenters. The number of aryl methyl sites for hydroxylation is 1. The molecular weight excluding hydrogens is 236 g/mol. The first-order valence-corrected chi connectivity index (χ1v) is 5.49. The number of nitrogens with one attached hydrogen (secondary N) is 1. The number of pyridine rings is 1. The summed E-state index contributed by atoms with van der Waals surface area (Å²) in [6, 6.07) is 3.54. The van der Waals surface area contributed by atoms with E-state index in [2.05, 4.69) is 20.4 Å². The fraction of sp³-hybridized carbons (Fsp3) is 0.364. The van der Waals surface area contributed by atoms with Crippen molar-refractivity contribution in [2.45, 2.75) is 13.0 Å². The summed E-state index contributed by atoms with van der Waals surface area (Å²) in [6.45, 7) is 1.61. The molecule has 7 nitrogen and oxygen atoms in total. The molecule has 2 rings (SSSR count). The predicted octanol–water partition coefficient (Wildman–Crippen LogP) is 0.205. The van der Waals surface area contributed by atoms with Crippen LogP contribution < -0.4 is 5.32 Å². The number of aliphatic hydroxyl groups is 2. The van der Waals surface area contributed by atoms with Crippen molar-refractivity contribution in [3.05, 3.63) is 24.2 Å². The Labute approximate surface area is 103 Å². The van der Waals surface area contributed by atoms with E-state index in [0.29, 0.717) is 23.1 Å². The largest absolute Gasteiger partial charge is 0.394 e. The molecule has 3 N–H and O–H groups in total. The van der Waals surface area contributed by atoms with Crippen molar-refractivity contribution in [3.8, 4) is 11.5 Å². The van der Waals surface area contributed by atoms with Gasteiger partial charge in [0.1, 0.15) is 5.82 Å². The highest BCUT2D eigenvalue weighted by atomic mass is 16.5.